The molecule has 0 spiro atoms. The van der Waals surface area contributed by atoms with E-state index in [-0.39, 0.29) is 11.1 Å². The highest BCUT2D eigenvalue weighted by Gasteiger charge is 2.31. The van der Waals surface area contributed by atoms with E-state index in [0.717, 1.165) is 30.3 Å². The average molecular weight is 471 g/mol. The Morgan fingerprint density at radius 2 is 1.74 bits per heavy atom. The minimum atomic E-state index is -1.36. The smallest absolute Gasteiger partial charge is 0.341 e. The second-order valence-electron chi connectivity index (χ2n) is 8.92. The number of rotatable bonds is 3. The minimum Gasteiger partial charge on any atom is -0.477 e. The fraction of sp³-hybridized carbons (Fsp3) is 0.185. The number of hydrogen-bond acceptors (Lipinski definition) is 5. The molecular formula is C27H22FN3O4. The molecule has 6 rings (SSSR count). The van der Waals surface area contributed by atoms with Gasteiger partial charge in [0.15, 0.2) is 17.3 Å². The van der Waals surface area contributed by atoms with Crippen molar-refractivity contribution >= 4 is 22.6 Å². The molecule has 2 aliphatic heterocycles. The highest BCUT2D eigenvalue weighted by Crippen LogP contribution is 2.47. The standard InChI is InChI=1S/C27H22FN3O4/c1-29-9-11-30(12-10-29)24-20(28)14-18-23-26(24)35-22-8-7-17(16-5-3-2-4-6-16)13-21(22)31(23)15-19(25(18)32)27(33)34/h2-8,13-15H,9-12H2,1H3,(H,33,34). The maximum Gasteiger partial charge on any atom is 0.341 e. The maximum atomic E-state index is 15.5. The van der Waals surface area contributed by atoms with Gasteiger partial charge in [0.2, 0.25) is 5.43 Å². The Morgan fingerprint density at radius 1 is 1.00 bits per heavy atom. The summed E-state index contributed by atoms with van der Waals surface area (Å²) in [7, 11) is 2.01. The summed E-state index contributed by atoms with van der Waals surface area (Å²) >= 11 is 0. The summed E-state index contributed by atoms with van der Waals surface area (Å²) in [4.78, 5) is 29.1. The van der Waals surface area contributed by atoms with Crippen molar-refractivity contribution in [3.63, 3.8) is 0 Å². The van der Waals surface area contributed by atoms with Crippen LogP contribution in [0.15, 0.2) is 65.6 Å². The number of hydrogen-bond donors (Lipinski definition) is 1. The lowest BCUT2D eigenvalue weighted by Gasteiger charge is -2.36. The molecule has 0 amide bonds. The predicted octanol–water partition coefficient (Wildman–Crippen LogP) is 4.35. The summed E-state index contributed by atoms with van der Waals surface area (Å²) in [5, 5.41) is 9.69. The fourth-order valence-corrected chi connectivity index (χ4v) is 4.89. The molecule has 7 nitrogen and oxygen atoms in total. The van der Waals surface area contributed by atoms with Crippen LogP contribution in [-0.2, 0) is 0 Å². The number of piperazine rings is 1. The first-order valence-corrected chi connectivity index (χ1v) is 11.4. The first-order valence-electron chi connectivity index (χ1n) is 11.4. The van der Waals surface area contributed by atoms with Gasteiger partial charge in [-0.1, -0.05) is 36.4 Å². The second kappa shape index (κ2) is 7.95. The first-order chi connectivity index (χ1) is 16.9. The molecule has 176 valence electrons. The molecule has 3 heterocycles. The molecule has 0 bridgehead atoms. The van der Waals surface area contributed by atoms with Crippen molar-refractivity contribution in [1.29, 1.82) is 0 Å². The quantitative estimate of drug-likeness (QED) is 0.422. The van der Waals surface area contributed by atoms with Gasteiger partial charge in [0.25, 0.3) is 0 Å². The molecular weight excluding hydrogens is 449 g/mol. The molecule has 1 fully saturated rings. The van der Waals surface area contributed by atoms with Gasteiger partial charge >= 0.3 is 5.97 Å². The highest BCUT2D eigenvalue weighted by atomic mass is 19.1. The Bertz CT molecular complexity index is 1560. The number of aromatic nitrogens is 1. The van der Waals surface area contributed by atoms with Gasteiger partial charge in [0.1, 0.15) is 16.8 Å². The first kappa shape index (κ1) is 21.4. The molecule has 4 aromatic rings. The van der Waals surface area contributed by atoms with Gasteiger partial charge in [0.05, 0.1) is 11.1 Å². The average Bonchev–Trinajstić information content (AvgIpc) is 2.86. The SMILES string of the molecule is CN1CCN(c2c(F)cc3c(=O)c(C(=O)O)cn4c3c2Oc2ccc(-c3ccccc3)cc2-4)CC1. The highest BCUT2D eigenvalue weighted by molar-refractivity contribution is 5.99. The lowest BCUT2D eigenvalue weighted by atomic mass is 10.0. The normalized spacial score (nSPS) is 15.1. The number of carboxylic acids is 1. The summed E-state index contributed by atoms with van der Waals surface area (Å²) in [5.41, 5.74) is 1.97. The molecule has 0 unspecified atom stereocenters. The molecule has 3 aromatic carbocycles. The summed E-state index contributed by atoms with van der Waals surface area (Å²) in [5.74, 6) is -1.27. The van der Waals surface area contributed by atoms with E-state index in [1.807, 2.05) is 54.4 Å². The van der Waals surface area contributed by atoms with Crippen LogP contribution in [0.3, 0.4) is 0 Å². The molecule has 1 saturated heterocycles. The Labute approximate surface area is 200 Å². The molecule has 0 saturated carbocycles. The van der Waals surface area contributed by atoms with Crippen LogP contribution in [0.4, 0.5) is 10.1 Å². The number of carbonyl (C=O) groups is 1. The fourth-order valence-electron chi connectivity index (χ4n) is 4.89. The van der Waals surface area contributed by atoms with Gasteiger partial charge in [-0.3, -0.25) is 4.79 Å². The Morgan fingerprint density at radius 3 is 2.46 bits per heavy atom. The summed E-state index contributed by atoms with van der Waals surface area (Å²) in [6.45, 7) is 2.73. The Kier molecular flexibility index (Phi) is 4.86. The van der Waals surface area contributed by atoms with Crippen molar-refractivity contribution in [2.45, 2.75) is 0 Å². The van der Waals surface area contributed by atoms with E-state index in [2.05, 4.69) is 4.90 Å². The predicted molar refractivity (Wildman–Crippen MR) is 132 cm³/mol. The van der Waals surface area contributed by atoms with Crippen molar-refractivity contribution in [2.75, 3.05) is 38.1 Å². The van der Waals surface area contributed by atoms with Crippen LogP contribution in [0.2, 0.25) is 0 Å². The number of benzene rings is 3. The summed E-state index contributed by atoms with van der Waals surface area (Å²) in [6.07, 6.45) is 1.32. The van der Waals surface area contributed by atoms with Crippen molar-refractivity contribution in [3.8, 4) is 28.3 Å². The number of aromatic carboxylic acids is 1. The maximum absolute atomic E-state index is 15.5. The molecule has 1 aromatic heterocycles. The third kappa shape index (κ3) is 3.37. The topological polar surface area (TPSA) is 75.0 Å². The van der Waals surface area contributed by atoms with Gasteiger partial charge in [-0.15, -0.1) is 0 Å². The van der Waals surface area contributed by atoms with Crippen LogP contribution in [0.5, 0.6) is 11.5 Å². The molecule has 1 N–H and O–H groups in total. The number of nitrogens with zero attached hydrogens (tertiary/aromatic N) is 3. The van der Waals surface area contributed by atoms with Crippen LogP contribution in [0.1, 0.15) is 10.4 Å². The number of ether oxygens (including phenoxy) is 1. The van der Waals surface area contributed by atoms with Crippen LogP contribution >= 0.6 is 0 Å². The van der Waals surface area contributed by atoms with Crippen LogP contribution < -0.4 is 15.1 Å². The van der Waals surface area contributed by atoms with Crippen LogP contribution in [-0.4, -0.2) is 53.8 Å². The van der Waals surface area contributed by atoms with Crippen molar-refractivity contribution in [1.82, 2.24) is 9.47 Å². The van der Waals surface area contributed by atoms with Crippen molar-refractivity contribution in [2.24, 2.45) is 0 Å². The van der Waals surface area contributed by atoms with Gasteiger partial charge < -0.3 is 24.2 Å². The number of carboxylic acid groups (broad SMARTS) is 1. The zero-order chi connectivity index (χ0) is 24.3. The third-order valence-electron chi connectivity index (χ3n) is 6.76. The minimum absolute atomic E-state index is 0.0222. The number of pyridine rings is 1. The van der Waals surface area contributed by atoms with E-state index in [1.54, 1.807) is 10.6 Å². The lowest BCUT2D eigenvalue weighted by Crippen LogP contribution is -2.45. The van der Waals surface area contributed by atoms with E-state index in [0.29, 0.717) is 35.7 Å². The van der Waals surface area contributed by atoms with Gasteiger partial charge in [-0.2, -0.15) is 0 Å². The van der Waals surface area contributed by atoms with E-state index in [1.165, 1.54) is 6.20 Å². The largest absolute Gasteiger partial charge is 0.477 e. The summed E-state index contributed by atoms with van der Waals surface area (Å²) < 4.78 is 23.5. The molecule has 0 atom stereocenters. The second-order valence-corrected chi connectivity index (χ2v) is 8.92. The number of anilines is 1. The van der Waals surface area contributed by atoms with Crippen molar-refractivity contribution < 1.29 is 19.0 Å². The zero-order valence-corrected chi connectivity index (χ0v) is 19.0. The molecule has 8 heteroatoms. The van der Waals surface area contributed by atoms with Gasteiger partial charge in [0, 0.05) is 32.4 Å². The number of likely N-dealkylation sites (N-methyl/N-ethyl adjacent to an activating group) is 1. The monoisotopic (exact) mass is 471 g/mol. The van der Waals surface area contributed by atoms with E-state index in [9.17, 15) is 14.7 Å². The van der Waals surface area contributed by atoms with Crippen LogP contribution in [0, 0.1) is 5.82 Å². The number of fused-ring (bicyclic) bond motifs is 2. The van der Waals surface area contributed by atoms with Gasteiger partial charge in [-0.05, 0) is 36.4 Å². The molecule has 0 radical (unpaired) electrons. The lowest BCUT2D eigenvalue weighted by molar-refractivity contribution is 0.0695. The van der Waals surface area contributed by atoms with Crippen LogP contribution in [0.25, 0.3) is 27.7 Å². The Hall–Kier alpha value is -4.17. The zero-order valence-electron chi connectivity index (χ0n) is 19.0. The van der Waals surface area contributed by atoms with Gasteiger partial charge in [-0.25, -0.2) is 9.18 Å². The Balaban J connectivity index is 1.65. The number of halogens is 1. The molecule has 0 aliphatic carbocycles. The van der Waals surface area contributed by atoms with E-state index < -0.39 is 22.8 Å². The summed E-state index contributed by atoms with van der Waals surface area (Å²) in [6, 6.07) is 16.5. The molecule has 35 heavy (non-hydrogen) atoms. The third-order valence-corrected chi connectivity index (χ3v) is 6.76. The molecule has 2 aliphatic rings. The van der Waals surface area contributed by atoms with E-state index >= 15 is 4.39 Å². The van der Waals surface area contributed by atoms with E-state index in [4.69, 9.17) is 4.74 Å². The van der Waals surface area contributed by atoms with Crippen molar-refractivity contribution in [3.05, 3.63) is 82.4 Å².